The molecular formula is C17H19F2N2O2+. The van der Waals surface area contributed by atoms with E-state index in [1.807, 2.05) is 35.6 Å². The highest BCUT2D eigenvalue weighted by atomic mass is 19.3. The minimum Gasteiger partial charge on any atom is -0.435 e. The molecule has 0 saturated carbocycles. The number of hydrogen-bond donors (Lipinski definition) is 2. The summed E-state index contributed by atoms with van der Waals surface area (Å²) in [4.78, 5) is 11.4. The lowest BCUT2D eigenvalue weighted by molar-refractivity contribution is -0.704. The molecule has 0 bridgehead atoms. The molecule has 4 nitrogen and oxygen atoms in total. The molecular weight excluding hydrogens is 302 g/mol. The zero-order valence-electron chi connectivity index (χ0n) is 12.7. The normalized spacial score (nSPS) is 13.6. The Bertz CT molecular complexity index is 633. The zero-order valence-corrected chi connectivity index (χ0v) is 12.7. The van der Waals surface area contributed by atoms with Crippen LogP contribution in [0.1, 0.15) is 24.1 Å². The summed E-state index contributed by atoms with van der Waals surface area (Å²) in [5.74, 6) is -0.318. The summed E-state index contributed by atoms with van der Waals surface area (Å²) in [6.07, 6.45) is 0. The van der Waals surface area contributed by atoms with E-state index in [1.54, 1.807) is 19.1 Å². The predicted octanol–water partition coefficient (Wildman–Crippen LogP) is 1.81. The molecule has 6 heteroatoms. The summed E-state index contributed by atoms with van der Waals surface area (Å²) < 4.78 is 28.8. The minimum absolute atomic E-state index is 0.0958. The highest BCUT2D eigenvalue weighted by molar-refractivity contribution is 5.77. The Hall–Kier alpha value is -2.47. The number of amides is 1. The fraction of sp³-hybridized carbons (Fsp3) is 0.235. The van der Waals surface area contributed by atoms with Crippen molar-refractivity contribution >= 4 is 5.91 Å². The van der Waals surface area contributed by atoms with Crippen LogP contribution < -0.4 is 15.8 Å². The SMILES string of the molecule is C[C@@H]([NH2+][C@H](c1ccccc1)c1ccc(OC(F)F)cc1)C(N)=O. The monoisotopic (exact) mass is 321 g/mol. The van der Waals surface area contributed by atoms with Crippen LogP contribution >= 0.6 is 0 Å². The molecule has 1 amide bonds. The van der Waals surface area contributed by atoms with Crippen LogP contribution in [-0.4, -0.2) is 18.6 Å². The Labute approximate surface area is 133 Å². The first-order valence-electron chi connectivity index (χ1n) is 7.21. The molecule has 0 aromatic heterocycles. The summed E-state index contributed by atoms with van der Waals surface area (Å²) in [6, 6.07) is 15.4. The lowest BCUT2D eigenvalue weighted by atomic mass is 9.97. The minimum atomic E-state index is -2.85. The highest BCUT2D eigenvalue weighted by Crippen LogP contribution is 2.22. The molecule has 122 valence electrons. The van der Waals surface area contributed by atoms with Crippen molar-refractivity contribution in [2.75, 3.05) is 0 Å². The van der Waals surface area contributed by atoms with Gasteiger partial charge in [0.25, 0.3) is 5.91 Å². The lowest BCUT2D eigenvalue weighted by Crippen LogP contribution is -2.92. The second-order valence-electron chi connectivity index (χ2n) is 5.22. The van der Waals surface area contributed by atoms with Crippen molar-refractivity contribution in [2.45, 2.75) is 25.6 Å². The summed E-state index contributed by atoms with van der Waals surface area (Å²) in [5, 5.41) is 1.85. The molecule has 2 aromatic rings. The molecule has 0 aliphatic heterocycles. The van der Waals surface area contributed by atoms with Gasteiger partial charge >= 0.3 is 6.61 Å². The largest absolute Gasteiger partial charge is 0.435 e. The van der Waals surface area contributed by atoms with Crippen molar-refractivity contribution in [1.82, 2.24) is 0 Å². The Balaban J connectivity index is 2.28. The number of rotatable bonds is 7. The van der Waals surface area contributed by atoms with E-state index in [0.717, 1.165) is 11.1 Å². The number of benzene rings is 2. The smallest absolute Gasteiger partial charge is 0.387 e. The molecule has 0 saturated heterocycles. The molecule has 0 radical (unpaired) electrons. The van der Waals surface area contributed by atoms with Gasteiger partial charge in [0.05, 0.1) is 0 Å². The van der Waals surface area contributed by atoms with Crippen molar-refractivity contribution in [1.29, 1.82) is 0 Å². The first-order chi connectivity index (χ1) is 11.0. The van der Waals surface area contributed by atoms with Crippen molar-refractivity contribution in [3.05, 3.63) is 65.7 Å². The maximum atomic E-state index is 12.2. The summed E-state index contributed by atoms with van der Waals surface area (Å²) in [5.41, 5.74) is 7.20. The summed E-state index contributed by atoms with van der Waals surface area (Å²) >= 11 is 0. The Morgan fingerprint density at radius 3 is 2.13 bits per heavy atom. The first kappa shape index (κ1) is 16.9. The number of ether oxygens (including phenoxy) is 1. The van der Waals surface area contributed by atoms with Gasteiger partial charge < -0.3 is 15.8 Å². The average molecular weight is 321 g/mol. The number of alkyl halides is 2. The van der Waals surface area contributed by atoms with Crippen LogP contribution in [0.5, 0.6) is 5.75 Å². The number of halogens is 2. The Kier molecular flexibility index (Phi) is 5.65. The van der Waals surface area contributed by atoms with Crippen LogP contribution in [0.25, 0.3) is 0 Å². The van der Waals surface area contributed by atoms with E-state index < -0.39 is 18.6 Å². The van der Waals surface area contributed by atoms with Crippen LogP contribution in [0.2, 0.25) is 0 Å². The van der Waals surface area contributed by atoms with Gasteiger partial charge in [-0.15, -0.1) is 0 Å². The standard InChI is InChI=1S/C17H18F2N2O2/c1-11(16(20)22)21-15(12-5-3-2-4-6-12)13-7-9-14(10-8-13)23-17(18)19/h2-11,15,17,21H,1H3,(H2,20,22)/p+1/t11-,15-/m1/s1. The van der Waals surface area contributed by atoms with Gasteiger partial charge in [0, 0.05) is 11.1 Å². The average Bonchev–Trinajstić information content (AvgIpc) is 2.53. The van der Waals surface area contributed by atoms with E-state index >= 15 is 0 Å². The molecule has 0 unspecified atom stereocenters. The molecule has 4 N–H and O–H groups in total. The highest BCUT2D eigenvalue weighted by Gasteiger charge is 2.23. The fourth-order valence-corrected chi connectivity index (χ4v) is 2.32. The molecule has 2 rings (SSSR count). The molecule has 2 aromatic carbocycles. The number of nitrogens with two attached hydrogens (primary N) is 2. The zero-order chi connectivity index (χ0) is 16.8. The third-order valence-electron chi connectivity index (χ3n) is 3.55. The van der Waals surface area contributed by atoms with Gasteiger partial charge in [0.1, 0.15) is 11.8 Å². The van der Waals surface area contributed by atoms with Gasteiger partial charge in [-0.3, -0.25) is 4.79 Å². The fourth-order valence-electron chi connectivity index (χ4n) is 2.32. The summed E-state index contributed by atoms with van der Waals surface area (Å²) in [6.45, 7) is -1.13. The van der Waals surface area contributed by atoms with Crippen LogP contribution in [-0.2, 0) is 4.79 Å². The van der Waals surface area contributed by atoms with Gasteiger partial charge in [-0.25, -0.2) is 0 Å². The maximum Gasteiger partial charge on any atom is 0.387 e. The van der Waals surface area contributed by atoms with Gasteiger partial charge in [0.2, 0.25) is 0 Å². The number of hydrogen-bond acceptors (Lipinski definition) is 2. The van der Waals surface area contributed by atoms with Crippen molar-refractivity contribution in [2.24, 2.45) is 5.73 Å². The van der Waals surface area contributed by atoms with Gasteiger partial charge in [0.15, 0.2) is 6.04 Å². The number of carbonyl (C=O) groups is 1. The topological polar surface area (TPSA) is 68.9 Å². The van der Waals surface area contributed by atoms with Crippen molar-refractivity contribution in [3.63, 3.8) is 0 Å². The number of quaternary nitrogens is 1. The maximum absolute atomic E-state index is 12.2. The number of carbonyl (C=O) groups excluding carboxylic acids is 1. The first-order valence-corrected chi connectivity index (χ1v) is 7.21. The molecule has 0 spiro atoms. The molecule has 0 aliphatic carbocycles. The quantitative estimate of drug-likeness (QED) is 0.817. The van der Waals surface area contributed by atoms with E-state index in [1.165, 1.54) is 12.1 Å². The van der Waals surface area contributed by atoms with Crippen LogP contribution in [0, 0.1) is 0 Å². The predicted molar refractivity (Wildman–Crippen MR) is 81.9 cm³/mol. The van der Waals surface area contributed by atoms with Gasteiger partial charge in [-0.05, 0) is 31.2 Å². The molecule has 2 atom stereocenters. The van der Waals surface area contributed by atoms with Crippen LogP contribution in [0.3, 0.4) is 0 Å². The number of primary amides is 1. The Morgan fingerprint density at radius 2 is 1.61 bits per heavy atom. The van der Waals surface area contributed by atoms with Crippen LogP contribution in [0.15, 0.2) is 54.6 Å². The van der Waals surface area contributed by atoms with Gasteiger partial charge in [-0.2, -0.15) is 8.78 Å². The molecule has 23 heavy (non-hydrogen) atoms. The van der Waals surface area contributed by atoms with Crippen molar-refractivity contribution in [3.8, 4) is 5.75 Å². The van der Waals surface area contributed by atoms with E-state index in [0.29, 0.717) is 0 Å². The summed E-state index contributed by atoms with van der Waals surface area (Å²) in [7, 11) is 0. The van der Waals surface area contributed by atoms with Gasteiger partial charge in [-0.1, -0.05) is 30.3 Å². The second kappa shape index (κ2) is 7.69. The van der Waals surface area contributed by atoms with E-state index in [2.05, 4.69) is 4.74 Å². The van der Waals surface area contributed by atoms with E-state index in [9.17, 15) is 13.6 Å². The molecule has 0 aliphatic rings. The Morgan fingerprint density at radius 1 is 1.04 bits per heavy atom. The lowest BCUT2D eigenvalue weighted by Gasteiger charge is -2.19. The van der Waals surface area contributed by atoms with Crippen LogP contribution in [0.4, 0.5) is 8.78 Å². The molecule has 0 fully saturated rings. The van der Waals surface area contributed by atoms with E-state index in [4.69, 9.17) is 5.73 Å². The van der Waals surface area contributed by atoms with Crippen molar-refractivity contribution < 1.29 is 23.6 Å². The second-order valence-corrected chi connectivity index (χ2v) is 5.22. The third-order valence-corrected chi connectivity index (χ3v) is 3.55. The third kappa shape index (κ3) is 4.75. The molecule has 0 heterocycles. The van der Waals surface area contributed by atoms with E-state index in [-0.39, 0.29) is 11.8 Å².